The van der Waals surface area contributed by atoms with E-state index in [0.29, 0.717) is 11.5 Å². The zero-order valence-corrected chi connectivity index (χ0v) is 15.7. The summed E-state index contributed by atoms with van der Waals surface area (Å²) in [5, 5.41) is 0. The van der Waals surface area contributed by atoms with Crippen LogP contribution >= 0.6 is 23.5 Å². The molecule has 2 aromatic rings. The number of carbonyl (C=O) groups excluding carboxylic acids is 2. The topological polar surface area (TPSA) is 60.4 Å². The van der Waals surface area contributed by atoms with Crippen LogP contribution in [0.5, 0.6) is 0 Å². The van der Waals surface area contributed by atoms with Gasteiger partial charge in [-0.15, -0.1) is 23.5 Å². The fraction of sp³-hybridized carbons (Fsp3) is 0.200. The molecule has 0 N–H and O–H groups in total. The molecule has 0 saturated carbocycles. The second kappa shape index (κ2) is 9.50. The first-order valence-corrected chi connectivity index (χ1v) is 10.2. The molecule has 0 amide bonds. The van der Waals surface area contributed by atoms with Gasteiger partial charge in [-0.2, -0.15) is 0 Å². The molecule has 0 spiro atoms. The molecule has 3 heterocycles. The van der Waals surface area contributed by atoms with E-state index in [9.17, 15) is 9.59 Å². The van der Waals surface area contributed by atoms with E-state index in [4.69, 9.17) is 8.83 Å². The minimum absolute atomic E-state index is 0.215. The van der Waals surface area contributed by atoms with Gasteiger partial charge in [0.25, 0.3) is 0 Å². The van der Waals surface area contributed by atoms with Gasteiger partial charge in [-0.1, -0.05) is 0 Å². The van der Waals surface area contributed by atoms with Crippen molar-refractivity contribution in [3.63, 3.8) is 0 Å². The van der Waals surface area contributed by atoms with Crippen molar-refractivity contribution in [2.75, 3.05) is 11.5 Å². The van der Waals surface area contributed by atoms with Gasteiger partial charge in [-0.3, -0.25) is 9.59 Å². The number of thioether (sulfide) groups is 2. The Labute approximate surface area is 160 Å². The highest BCUT2D eigenvalue weighted by molar-refractivity contribution is 8.22. The number of rotatable bonds is 6. The van der Waals surface area contributed by atoms with E-state index < -0.39 is 0 Å². The van der Waals surface area contributed by atoms with E-state index in [0.717, 1.165) is 28.6 Å². The molecule has 1 fully saturated rings. The fourth-order valence-electron chi connectivity index (χ4n) is 2.30. The SMILES string of the molecule is O=C(C=Cc1ccco1)C(C(=O)C=Cc1ccco1)=C1SCCCCS1. The van der Waals surface area contributed by atoms with Crippen molar-refractivity contribution in [2.45, 2.75) is 12.8 Å². The van der Waals surface area contributed by atoms with Crippen LogP contribution in [0.2, 0.25) is 0 Å². The summed E-state index contributed by atoms with van der Waals surface area (Å²) in [4.78, 5) is 25.5. The molecule has 1 aliphatic rings. The zero-order chi connectivity index (χ0) is 18.2. The minimum Gasteiger partial charge on any atom is -0.465 e. The molecule has 2 aromatic heterocycles. The van der Waals surface area contributed by atoms with Crippen molar-refractivity contribution in [1.29, 1.82) is 0 Å². The van der Waals surface area contributed by atoms with Crippen LogP contribution in [0.4, 0.5) is 0 Å². The van der Waals surface area contributed by atoms with Crippen molar-refractivity contribution >= 4 is 47.2 Å². The maximum absolute atomic E-state index is 12.8. The molecule has 134 valence electrons. The molecular weight excluding hydrogens is 368 g/mol. The van der Waals surface area contributed by atoms with Gasteiger partial charge in [0.05, 0.1) is 22.3 Å². The maximum atomic E-state index is 12.8. The summed E-state index contributed by atoms with van der Waals surface area (Å²) in [5.41, 5.74) is 0.215. The average molecular weight is 386 g/mol. The molecule has 1 aliphatic heterocycles. The summed E-state index contributed by atoms with van der Waals surface area (Å²) in [5.74, 6) is 2.34. The Morgan fingerprint density at radius 2 is 1.35 bits per heavy atom. The number of carbonyl (C=O) groups is 2. The van der Waals surface area contributed by atoms with E-state index in [1.165, 1.54) is 24.7 Å². The zero-order valence-electron chi connectivity index (χ0n) is 14.1. The first-order valence-electron chi connectivity index (χ1n) is 8.26. The van der Waals surface area contributed by atoms with Gasteiger partial charge in [0, 0.05) is 0 Å². The number of furan rings is 2. The lowest BCUT2D eigenvalue weighted by Crippen LogP contribution is -2.10. The maximum Gasteiger partial charge on any atom is 0.191 e. The third-order valence-corrected chi connectivity index (χ3v) is 6.21. The lowest BCUT2D eigenvalue weighted by atomic mass is 10.1. The van der Waals surface area contributed by atoms with Crippen LogP contribution in [0.3, 0.4) is 0 Å². The van der Waals surface area contributed by atoms with Gasteiger partial charge in [0.1, 0.15) is 11.5 Å². The fourth-order valence-corrected chi connectivity index (χ4v) is 4.89. The third kappa shape index (κ3) is 5.16. The Bertz CT molecular complexity index is 759. The normalized spacial score (nSPS) is 15.5. The van der Waals surface area contributed by atoms with Crippen LogP contribution in [0, 0.1) is 0 Å². The Morgan fingerprint density at radius 3 is 1.77 bits per heavy atom. The average Bonchev–Trinajstić information content (AvgIpc) is 3.29. The number of hydrogen-bond donors (Lipinski definition) is 0. The van der Waals surface area contributed by atoms with Crippen molar-refractivity contribution in [1.82, 2.24) is 0 Å². The second-order valence-electron chi connectivity index (χ2n) is 5.49. The van der Waals surface area contributed by atoms with Crippen molar-refractivity contribution in [3.05, 3.63) is 70.3 Å². The molecule has 0 unspecified atom stereocenters. The minimum atomic E-state index is -0.313. The summed E-state index contributed by atoms with van der Waals surface area (Å²) < 4.78 is 11.2. The molecular formula is C20H18O4S2. The Kier molecular flexibility index (Phi) is 6.80. The molecule has 0 aromatic carbocycles. The highest BCUT2D eigenvalue weighted by Gasteiger charge is 2.22. The van der Waals surface area contributed by atoms with Crippen LogP contribution in [0.15, 0.2) is 67.6 Å². The molecule has 0 aliphatic carbocycles. The molecule has 0 atom stereocenters. The summed E-state index contributed by atoms with van der Waals surface area (Å²) in [7, 11) is 0. The van der Waals surface area contributed by atoms with Gasteiger partial charge in [-0.05, 0) is 72.9 Å². The van der Waals surface area contributed by atoms with E-state index >= 15 is 0 Å². The molecule has 4 nitrogen and oxygen atoms in total. The highest BCUT2D eigenvalue weighted by Crippen LogP contribution is 2.37. The number of allylic oxidation sites excluding steroid dienone is 3. The molecule has 26 heavy (non-hydrogen) atoms. The predicted octanol–water partition coefficient (Wildman–Crippen LogP) is 5.21. The first kappa shape index (κ1) is 18.6. The Balaban J connectivity index is 1.86. The summed E-state index contributed by atoms with van der Waals surface area (Å²) in [6, 6.07) is 7.00. The quantitative estimate of drug-likeness (QED) is 0.386. The van der Waals surface area contributed by atoms with Crippen LogP contribution in [-0.2, 0) is 9.59 Å². The van der Waals surface area contributed by atoms with Crippen LogP contribution in [-0.4, -0.2) is 23.1 Å². The van der Waals surface area contributed by atoms with Gasteiger partial charge in [-0.25, -0.2) is 0 Å². The Morgan fingerprint density at radius 1 is 0.846 bits per heavy atom. The molecule has 0 radical (unpaired) electrons. The standard InChI is InChI=1S/C20H18O4S2/c21-17(9-7-15-5-3-11-23-15)19(20-25-13-1-2-14-26-20)18(22)10-8-16-6-4-12-24-16/h3-12H,1-2,13-14H2. The van der Waals surface area contributed by atoms with E-state index in [-0.39, 0.29) is 17.1 Å². The summed E-state index contributed by atoms with van der Waals surface area (Å²) in [6.07, 6.45) is 11.2. The monoisotopic (exact) mass is 386 g/mol. The highest BCUT2D eigenvalue weighted by atomic mass is 32.2. The van der Waals surface area contributed by atoms with Crippen LogP contribution in [0.1, 0.15) is 24.4 Å². The Hall–Kier alpha value is -2.18. The largest absolute Gasteiger partial charge is 0.465 e. The molecule has 0 bridgehead atoms. The van der Waals surface area contributed by atoms with Gasteiger partial charge in [0.15, 0.2) is 11.6 Å². The van der Waals surface area contributed by atoms with Crippen LogP contribution in [0.25, 0.3) is 12.2 Å². The van der Waals surface area contributed by atoms with Gasteiger partial charge < -0.3 is 8.83 Å². The van der Waals surface area contributed by atoms with Crippen molar-refractivity contribution in [3.8, 4) is 0 Å². The number of ketones is 2. The van der Waals surface area contributed by atoms with Crippen LogP contribution < -0.4 is 0 Å². The number of hydrogen-bond acceptors (Lipinski definition) is 6. The predicted molar refractivity (Wildman–Crippen MR) is 107 cm³/mol. The third-order valence-electron chi connectivity index (χ3n) is 3.59. The van der Waals surface area contributed by atoms with Gasteiger partial charge in [0.2, 0.25) is 0 Å². The smallest absolute Gasteiger partial charge is 0.191 e. The lowest BCUT2D eigenvalue weighted by Gasteiger charge is -2.07. The summed E-state index contributed by atoms with van der Waals surface area (Å²) >= 11 is 3.16. The second-order valence-corrected chi connectivity index (χ2v) is 7.96. The van der Waals surface area contributed by atoms with Gasteiger partial charge >= 0.3 is 0 Å². The van der Waals surface area contributed by atoms with E-state index in [1.54, 1.807) is 59.9 Å². The van der Waals surface area contributed by atoms with E-state index in [1.807, 2.05) is 0 Å². The van der Waals surface area contributed by atoms with Crippen molar-refractivity contribution in [2.24, 2.45) is 0 Å². The summed E-state index contributed by atoms with van der Waals surface area (Å²) in [6.45, 7) is 0. The van der Waals surface area contributed by atoms with Crippen molar-refractivity contribution < 1.29 is 18.4 Å². The lowest BCUT2D eigenvalue weighted by molar-refractivity contribution is -0.116. The first-order chi connectivity index (χ1) is 12.7. The van der Waals surface area contributed by atoms with E-state index in [2.05, 4.69) is 0 Å². The molecule has 6 heteroatoms. The molecule has 1 saturated heterocycles. The molecule has 3 rings (SSSR count).